The maximum atomic E-state index is 4.15. The molecule has 0 aliphatic heterocycles. The minimum atomic E-state index is 0.712. The lowest BCUT2D eigenvalue weighted by Gasteiger charge is -2.11. The molecule has 0 fully saturated rings. The highest BCUT2D eigenvalue weighted by atomic mass is 79.9. The van der Waals surface area contributed by atoms with Crippen LogP contribution < -0.4 is 10.2 Å². The average molecular weight is 548 g/mol. The molecule has 0 saturated carbocycles. The van der Waals surface area contributed by atoms with Crippen LogP contribution in [0.1, 0.15) is 0 Å². The van der Waals surface area contributed by atoms with Gasteiger partial charge >= 0.3 is 0 Å². The van der Waals surface area contributed by atoms with Crippen molar-refractivity contribution in [3.63, 3.8) is 0 Å². The molecule has 0 bridgehead atoms. The predicted molar refractivity (Wildman–Crippen MR) is 98.7 cm³/mol. The van der Waals surface area contributed by atoms with Crippen LogP contribution in [0.2, 0.25) is 0 Å². The first-order valence-electron chi connectivity index (χ1n) is 5.56. The molecular weight excluding hydrogens is 536 g/mol. The van der Waals surface area contributed by atoms with E-state index in [1.54, 1.807) is 19.4 Å². The fourth-order valence-corrected chi connectivity index (χ4v) is 3.33. The van der Waals surface area contributed by atoms with Gasteiger partial charge in [0.15, 0.2) is 11.6 Å². The smallest absolute Gasteiger partial charge is 0.161 e. The molecule has 10 heteroatoms. The summed E-state index contributed by atoms with van der Waals surface area (Å²) in [5, 5.41) is 2.88. The molecule has 2 aromatic heterocycles. The summed E-state index contributed by atoms with van der Waals surface area (Å²) in [7, 11) is 5.63. The number of aromatic nitrogens is 4. The van der Waals surface area contributed by atoms with Crippen LogP contribution in [0.4, 0.5) is 11.6 Å². The lowest BCUT2D eigenvalue weighted by atomic mass is 10.6. The Morgan fingerprint density at radius 3 is 1.86 bits per heavy atom. The minimum absolute atomic E-state index is 0.712. The molecule has 0 spiro atoms. The summed E-state index contributed by atoms with van der Waals surface area (Å²) >= 11 is 13.0. The molecule has 0 aliphatic carbocycles. The van der Waals surface area contributed by atoms with E-state index in [0.29, 0.717) is 4.60 Å². The second-order valence-corrected chi connectivity index (χ2v) is 6.91. The Morgan fingerprint density at radius 1 is 0.905 bits per heavy atom. The van der Waals surface area contributed by atoms with Gasteiger partial charge in [-0.05, 0) is 63.7 Å². The highest BCUT2D eigenvalue weighted by molar-refractivity contribution is 9.11. The molecule has 0 radical (unpaired) electrons. The highest BCUT2D eigenvalue weighted by Crippen LogP contribution is 2.21. The molecule has 2 rings (SSSR count). The number of halogens is 4. The fraction of sp³-hybridized carbons (Fsp3) is 0.273. The fourth-order valence-electron chi connectivity index (χ4n) is 1.15. The topological polar surface area (TPSA) is 66.8 Å². The Bertz CT molecular complexity index is 607. The lowest BCUT2D eigenvalue weighted by Crippen LogP contribution is -2.11. The van der Waals surface area contributed by atoms with E-state index in [4.69, 9.17) is 0 Å². The van der Waals surface area contributed by atoms with Gasteiger partial charge in [-0.3, -0.25) is 0 Å². The third-order valence-corrected chi connectivity index (χ3v) is 3.89. The molecule has 0 unspecified atom stereocenters. The summed E-state index contributed by atoms with van der Waals surface area (Å²) in [4.78, 5) is 18.2. The van der Waals surface area contributed by atoms with Gasteiger partial charge in [-0.25, -0.2) is 19.9 Å². The van der Waals surface area contributed by atoms with E-state index in [0.717, 1.165) is 25.4 Å². The van der Waals surface area contributed by atoms with Gasteiger partial charge in [0.05, 0.1) is 12.4 Å². The second kappa shape index (κ2) is 8.96. The molecule has 0 saturated heterocycles. The summed E-state index contributed by atoms with van der Waals surface area (Å²) in [6.45, 7) is 0. The van der Waals surface area contributed by atoms with E-state index in [2.05, 4.69) is 89.0 Å². The lowest BCUT2D eigenvalue weighted by molar-refractivity contribution is 1.01. The zero-order valence-corrected chi connectivity index (χ0v) is 17.7. The first-order valence-corrected chi connectivity index (χ1v) is 8.73. The Balaban J connectivity index is 0.000000211. The summed E-state index contributed by atoms with van der Waals surface area (Å²) in [6, 6.07) is 0. The normalized spacial score (nSPS) is 9.67. The number of nitrogens with zero attached hydrogens (tertiary/aromatic N) is 5. The van der Waals surface area contributed by atoms with Gasteiger partial charge in [-0.1, -0.05) is 0 Å². The van der Waals surface area contributed by atoms with E-state index >= 15 is 0 Å². The van der Waals surface area contributed by atoms with Crippen molar-refractivity contribution >= 4 is 75.4 Å². The van der Waals surface area contributed by atoms with E-state index < -0.39 is 0 Å². The average Bonchev–Trinajstić information content (AvgIpc) is 2.39. The quantitative estimate of drug-likeness (QED) is 0.610. The van der Waals surface area contributed by atoms with Gasteiger partial charge in [0.2, 0.25) is 0 Å². The number of hydrogen-bond acceptors (Lipinski definition) is 6. The summed E-state index contributed by atoms with van der Waals surface area (Å²) in [6.07, 6.45) is 3.30. The van der Waals surface area contributed by atoms with Crippen LogP contribution in [0.15, 0.2) is 30.8 Å². The van der Waals surface area contributed by atoms with Crippen LogP contribution in [0.3, 0.4) is 0 Å². The third kappa shape index (κ3) is 6.13. The van der Waals surface area contributed by atoms with Crippen molar-refractivity contribution in [1.29, 1.82) is 0 Å². The zero-order valence-electron chi connectivity index (χ0n) is 11.4. The SMILES string of the molecule is CN(C)c1ncc(Br)nc1Br.CNc1ncc(Br)nc1Br. The van der Waals surface area contributed by atoms with E-state index in [1.165, 1.54) is 0 Å². The number of nitrogens with one attached hydrogen (secondary N) is 1. The van der Waals surface area contributed by atoms with Crippen LogP contribution in [0.5, 0.6) is 0 Å². The second-order valence-electron chi connectivity index (χ2n) is 3.78. The maximum Gasteiger partial charge on any atom is 0.161 e. The number of anilines is 2. The van der Waals surface area contributed by atoms with Gasteiger partial charge in [-0.2, -0.15) is 0 Å². The monoisotopic (exact) mass is 544 g/mol. The predicted octanol–water partition coefficient (Wildman–Crippen LogP) is 4.11. The van der Waals surface area contributed by atoms with Crippen molar-refractivity contribution in [2.45, 2.75) is 0 Å². The molecule has 1 N–H and O–H groups in total. The molecule has 2 aromatic rings. The molecular formula is C11H12Br4N6. The van der Waals surface area contributed by atoms with Crippen molar-refractivity contribution < 1.29 is 0 Å². The zero-order chi connectivity index (χ0) is 16.0. The van der Waals surface area contributed by atoms with Gasteiger partial charge < -0.3 is 10.2 Å². The van der Waals surface area contributed by atoms with Gasteiger partial charge in [0.25, 0.3) is 0 Å². The van der Waals surface area contributed by atoms with Crippen molar-refractivity contribution in [2.24, 2.45) is 0 Å². The van der Waals surface area contributed by atoms with E-state index in [1.807, 2.05) is 19.0 Å². The highest BCUT2D eigenvalue weighted by Gasteiger charge is 2.04. The largest absolute Gasteiger partial charge is 0.371 e. The van der Waals surface area contributed by atoms with Crippen LogP contribution in [0.25, 0.3) is 0 Å². The number of rotatable bonds is 2. The third-order valence-electron chi connectivity index (χ3n) is 2.04. The molecule has 21 heavy (non-hydrogen) atoms. The van der Waals surface area contributed by atoms with Crippen molar-refractivity contribution in [3.8, 4) is 0 Å². The van der Waals surface area contributed by atoms with Crippen LogP contribution in [-0.4, -0.2) is 41.1 Å². The Kier molecular flexibility index (Phi) is 7.99. The maximum absolute atomic E-state index is 4.15. The van der Waals surface area contributed by atoms with Gasteiger partial charge in [0, 0.05) is 21.1 Å². The van der Waals surface area contributed by atoms with Crippen molar-refractivity contribution in [3.05, 3.63) is 30.8 Å². The number of hydrogen-bond donors (Lipinski definition) is 1. The van der Waals surface area contributed by atoms with Crippen molar-refractivity contribution in [2.75, 3.05) is 31.4 Å². The van der Waals surface area contributed by atoms with Crippen molar-refractivity contribution in [1.82, 2.24) is 19.9 Å². The molecule has 0 aromatic carbocycles. The summed E-state index contributed by atoms with van der Waals surface area (Å²) in [5.41, 5.74) is 0. The molecule has 0 aliphatic rings. The summed E-state index contributed by atoms with van der Waals surface area (Å²) in [5.74, 6) is 1.57. The van der Waals surface area contributed by atoms with Crippen LogP contribution >= 0.6 is 63.7 Å². The first-order chi connectivity index (χ1) is 9.85. The molecule has 0 atom stereocenters. The molecule has 6 nitrogen and oxygen atoms in total. The van der Waals surface area contributed by atoms with Crippen LogP contribution in [0, 0.1) is 0 Å². The minimum Gasteiger partial charge on any atom is -0.371 e. The molecule has 2 heterocycles. The van der Waals surface area contributed by atoms with E-state index in [-0.39, 0.29) is 0 Å². The summed E-state index contributed by atoms with van der Waals surface area (Å²) < 4.78 is 2.91. The van der Waals surface area contributed by atoms with E-state index in [9.17, 15) is 0 Å². The molecule has 0 amide bonds. The Labute approximate surface area is 156 Å². The standard InChI is InChI=1S/C6H7Br2N3.C5H5Br2N3/c1-11(2)6-5(8)10-4(7)3-9-6;1-8-5-4(7)10-3(6)2-9-5/h3H,1-2H3;2H,1H3,(H,8,9). The Hall–Kier alpha value is -0.320. The van der Waals surface area contributed by atoms with Crippen LogP contribution in [-0.2, 0) is 0 Å². The molecule has 114 valence electrons. The van der Waals surface area contributed by atoms with Gasteiger partial charge in [0.1, 0.15) is 18.4 Å². The van der Waals surface area contributed by atoms with Gasteiger partial charge in [-0.15, -0.1) is 0 Å². The first kappa shape index (κ1) is 18.7. The Morgan fingerprint density at radius 2 is 1.43 bits per heavy atom.